The Balaban J connectivity index is 1.62. The van der Waals surface area contributed by atoms with E-state index in [4.69, 9.17) is 4.52 Å². The highest BCUT2D eigenvalue weighted by molar-refractivity contribution is 5.72. The average molecular weight is 415 g/mol. The molecule has 1 unspecified atom stereocenters. The predicted octanol–water partition coefficient (Wildman–Crippen LogP) is 4.16. The minimum Gasteiger partial charge on any atom is -0.481 e. The third-order valence-corrected chi connectivity index (χ3v) is 5.74. The van der Waals surface area contributed by atoms with E-state index in [1.54, 1.807) is 18.3 Å². The fourth-order valence-electron chi connectivity index (χ4n) is 4.05. The molecule has 0 spiro atoms. The van der Waals surface area contributed by atoms with E-state index in [1.165, 1.54) is 39.2 Å². The summed E-state index contributed by atoms with van der Waals surface area (Å²) in [4.78, 5) is 31.3. The fraction of sp³-hybridized carbons (Fsp3) is 0.591. The number of hydrogen-bond acceptors (Lipinski definition) is 7. The molecular formula is C22H29N3O5. The molecule has 2 aromatic heterocycles. The minimum atomic E-state index is -0.869. The van der Waals surface area contributed by atoms with E-state index in [0.717, 1.165) is 25.2 Å². The van der Waals surface area contributed by atoms with Gasteiger partial charge in [-0.3, -0.25) is 14.6 Å². The zero-order chi connectivity index (χ0) is 21.3. The van der Waals surface area contributed by atoms with Crippen LogP contribution in [0.15, 0.2) is 22.9 Å². The molecule has 0 bridgehead atoms. The third-order valence-electron chi connectivity index (χ3n) is 5.74. The monoisotopic (exact) mass is 415 g/mol. The van der Waals surface area contributed by atoms with Crippen molar-refractivity contribution in [2.75, 3.05) is 7.11 Å². The first kappa shape index (κ1) is 21.9. The summed E-state index contributed by atoms with van der Waals surface area (Å²) in [5.74, 6) is -0.0384. The second kappa shape index (κ2) is 10.8. The van der Waals surface area contributed by atoms with Crippen molar-refractivity contribution in [3.05, 3.63) is 29.9 Å². The Kier molecular flexibility index (Phi) is 7.93. The highest BCUT2D eigenvalue weighted by Gasteiger charge is 2.23. The maximum atomic E-state index is 11.3. The van der Waals surface area contributed by atoms with Gasteiger partial charge in [-0.1, -0.05) is 50.1 Å². The van der Waals surface area contributed by atoms with Crippen LogP contribution in [0, 0.1) is 5.92 Å². The van der Waals surface area contributed by atoms with Gasteiger partial charge in [0.25, 0.3) is 0 Å². The number of pyridine rings is 1. The van der Waals surface area contributed by atoms with Crippen molar-refractivity contribution in [1.82, 2.24) is 15.1 Å². The number of ether oxygens (including phenoxy) is 1. The van der Waals surface area contributed by atoms with Gasteiger partial charge in [0.05, 0.1) is 25.6 Å². The molecule has 1 saturated carbocycles. The number of carboxylic acids is 1. The number of nitrogens with zero attached hydrogens (tertiary/aromatic N) is 3. The van der Waals surface area contributed by atoms with Crippen LogP contribution in [0.3, 0.4) is 0 Å². The summed E-state index contributed by atoms with van der Waals surface area (Å²) in [5.41, 5.74) is 1.23. The first-order valence-corrected chi connectivity index (χ1v) is 10.6. The van der Waals surface area contributed by atoms with Crippen molar-refractivity contribution >= 4 is 11.9 Å². The maximum Gasteiger partial charge on any atom is 0.311 e. The SMILES string of the molecule is COC(=O)Cc1ccc(-c2noc(C(CCCC3CCCCC3)CC(=O)O)n2)cn1. The summed E-state index contributed by atoms with van der Waals surface area (Å²) in [6.45, 7) is 0. The van der Waals surface area contributed by atoms with E-state index >= 15 is 0 Å². The van der Waals surface area contributed by atoms with Gasteiger partial charge in [0.15, 0.2) is 0 Å². The van der Waals surface area contributed by atoms with E-state index in [9.17, 15) is 14.7 Å². The van der Waals surface area contributed by atoms with Crippen molar-refractivity contribution < 1.29 is 24.0 Å². The molecule has 1 aliphatic rings. The summed E-state index contributed by atoms with van der Waals surface area (Å²) in [6, 6.07) is 3.47. The molecule has 0 aliphatic heterocycles. The molecule has 0 aromatic carbocycles. The maximum absolute atomic E-state index is 11.3. The molecule has 1 aliphatic carbocycles. The molecule has 0 amide bonds. The molecule has 2 aromatic rings. The summed E-state index contributed by atoms with van der Waals surface area (Å²) >= 11 is 0. The number of esters is 1. The van der Waals surface area contributed by atoms with Crippen molar-refractivity contribution in [2.24, 2.45) is 5.92 Å². The normalized spacial score (nSPS) is 15.6. The molecule has 1 atom stereocenters. The third kappa shape index (κ3) is 6.37. The molecule has 0 radical (unpaired) electrons. The zero-order valence-electron chi connectivity index (χ0n) is 17.4. The van der Waals surface area contributed by atoms with E-state index in [0.29, 0.717) is 23.0 Å². The standard InChI is InChI=1S/C22H29N3O5/c1-29-20(28)13-18-11-10-17(14-23-18)21-24-22(30-25-21)16(12-19(26)27)9-5-8-15-6-3-2-4-7-15/h10-11,14-16H,2-9,12-13H2,1H3,(H,26,27). The molecular weight excluding hydrogens is 386 g/mol. The molecule has 2 heterocycles. The van der Waals surface area contributed by atoms with Crippen molar-refractivity contribution in [2.45, 2.75) is 70.1 Å². The second-order valence-electron chi connectivity index (χ2n) is 7.98. The van der Waals surface area contributed by atoms with E-state index in [-0.39, 0.29) is 24.7 Å². The van der Waals surface area contributed by atoms with Crippen LogP contribution in [-0.4, -0.2) is 39.3 Å². The lowest BCUT2D eigenvalue weighted by Gasteiger charge is -2.21. The lowest BCUT2D eigenvalue weighted by molar-refractivity contribution is -0.140. The lowest BCUT2D eigenvalue weighted by atomic mass is 9.84. The quantitative estimate of drug-likeness (QED) is 0.575. The molecule has 30 heavy (non-hydrogen) atoms. The number of carbonyl (C=O) groups excluding carboxylic acids is 1. The summed E-state index contributed by atoms with van der Waals surface area (Å²) in [7, 11) is 1.33. The Morgan fingerprint density at radius 2 is 2.07 bits per heavy atom. The second-order valence-corrected chi connectivity index (χ2v) is 7.98. The smallest absolute Gasteiger partial charge is 0.311 e. The van der Waals surface area contributed by atoms with Crippen LogP contribution in [0.25, 0.3) is 11.4 Å². The lowest BCUT2D eigenvalue weighted by Crippen LogP contribution is -2.10. The van der Waals surface area contributed by atoms with Crippen LogP contribution in [0.1, 0.15) is 75.3 Å². The molecule has 3 rings (SSSR count). The number of aliphatic carboxylic acids is 1. The summed E-state index contributed by atoms with van der Waals surface area (Å²) in [5, 5.41) is 13.3. The number of carboxylic acid groups (broad SMARTS) is 1. The Morgan fingerprint density at radius 1 is 1.27 bits per heavy atom. The number of aromatic nitrogens is 3. The van der Waals surface area contributed by atoms with E-state index in [1.807, 2.05) is 0 Å². The van der Waals surface area contributed by atoms with Crippen LogP contribution in [0.2, 0.25) is 0 Å². The summed E-state index contributed by atoms with van der Waals surface area (Å²) in [6.07, 6.45) is 11.0. The van der Waals surface area contributed by atoms with Gasteiger partial charge >= 0.3 is 11.9 Å². The van der Waals surface area contributed by atoms with Gasteiger partial charge in [-0.15, -0.1) is 0 Å². The van der Waals surface area contributed by atoms with E-state index < -0.39 is 5.97 Å². The Hall–Kier alpha value is -2.77. The minimum absolute atomic E-state index is 0.0252. The highest BCUT2D eigenvalue weighted by Crippen LogP contribution is 2.31. The first-order valence-electron chi connectivity index (χ1n) is 10.6. The number of methoxy groups -OCH3 is 1. The molecule has 1 fully saturated rings. The zero-order valence-corrected chi connectivity index (χ0v) is 17.4. The van der Waals surface area contributed by atoms with Gasteiger partial charge in [0.2, 0.25) is 11.7 Å². The highest BCUT2D eigenvalue weighted by atomic mass is 16.5. The van der Waals surface area contributed by atoms with Crippen LogP contribution in [0.4, 0.5) is 0 Å². The van der Waals surface area contributed by atoms with Gasteiger partial charge in [0, 0.05) is 17.7 Å². The van der Waals surface area contributed by atoms with Crippen LogP contribution >= 0.6 is 0 Å². The summed E-state index contributed by atoms with van der Waals surface area (Å²) < 4.78 is 10.0. The van der Waals surface area contributed by atoms with E-state index in [2.05, 4.69) is 19.9 Å². The first-order chi connectivity index (χ1) is 14.5. The van der Waals surface area contributed by atoms with Crippen LogP contribution < -0.4 is 0 Å². The topological polar surface area (TPSA) is 115 Å². The van der Waals surface area contributed by atoms with Gasteiger partial charge in [-0.05, 0) is 24.5 Å². The Morgan fingerprint density at radius 3 is 2.73 bits per heavy atom. The molecule has 1 N–H and O–H groups in total. The van der Waals surface area contributed by atoms with Crippen molar-refractivity contribution in [3.8, 4) is 11.4 Å². The predicted molar refractivity (Wildman–Crippen MR) is 109 cm³/mol. The largest absolute Gasteiger partial charge is 0.481 e. The molecule has 8 heteroatoms. The molecule has 162 valence electrons. The number of rotatable bonds is 10. The fourth-order valence-corrected chi connectivity index (χ4v) is 4.05. The van der Waals surface area contributed by atoms with Crippen LogP contribution in [0.5, 0.6) is 0 Å². The Labute approximate surface area is 176 Å². The van der Waals surface area contributed by atoms with Gasteiger partial charge < -0.3 is 14.4 Å². The van der Waals surface area contributed by atoms with Crippen molar-refractivity contribution in [1.29, 1.82) is 0 Å². The van der Waals surface area contributed by atoms with Gasteiger partial charge in [-0.2, -0.15) is 4.98 Å². The molecule has 0 saturated heterocycles. The van der Waals surface area contributed by atoms with Crippen molar-refractivity contribution in [3.63, 3.8) is 0 Å². The van der Waals surface area contributed by atoms with Gasteiger partial charge in [0.1, 0.15) is 0 Å². The van der Waals surface area contributed by atoms with Gasteiger partial charge in [-0.25, -0.2) is 0 Å². The number of carbonyl (C=O) groups is 2. The molecule has 8 nitrogen and oxygen atoms in total. The van der Waals surface area contributed by atoms with Crippen LogP contribution in [-0.2, 0) is 20.7 Å². The number of hydrogen-bond donors (Lipinski definition) is 1. The Bertz CT molecular complexity index is 828. The average Bonchev–Trinajstić information content (AvgIpc) is 3.24.